The lowest BCUT2D eigenvalue weighted by Crippen LogP contribution is -2.61. The van der Waals surface area contributed by atoms with Gasteiger partial charge in [0.25, 0.3) is 0 Å². The van der Waals surface area contributed by atoms with E-state index in [9.17, 15) is 0 Å². The minimum atomic E-state index is -0.00981. The molecule has 2 aliphatic rings. The van der Waals surface area contributed by atoms with Crippen molar-refractivity contribution >= 4 is 0 Å². The Morgan fingerprint density at radius 1 is 1.22 bits per heavy atom. The van der Waals surface area contributed by atoms with Gasteiger partial charge in [0.15, 0.2) is 0 Å². The molecule has 0 aromatic rings. The first-order valence-electron chi connectivity index (χ1n) is 7.63. The lowest BCUT2D eigenvalue weighted by Gasteiger charge is -2.51. The molecule has 0 heterocycles. The topological polar surface area (TPSA) is 47.3 Å². The van der Waals surface area contributed by atoms with Crippen molar-refractivity contribution < 1.29 is 4.74 Å². The minimum Gasteiger partial charge on any atom is -0.374 e. The highest BCUT2D eigenvalue weighted by Gasteiger charge is 2.48. The first kappa shape index (κ1) is 14.3. The van der Waals surface area contributed by atoms with Crippen molar-refractivity contribution in [3.05, 3.63) is 0 Å². The zero-order valence-corrected chi connectivity index (χ0v) is 12.3. The predicted octanol–water partition coefficient (Wildman–Crippen LogP) is 2.99. The summed E-state index contributed by atoms with van der Waals surface area (Å²) in [6.07, 6.45) is 8.78. The van der Waals surface area contributed by atoms with Crippen LogP contribution in [0.4, 0.5) is 0 Å². The van der Waals surface area contributed by atoms with E-state index in [1.165, 1.54) is 32.1 Å². The summed E-state index contributed by atoms with van der Waals surface area (Å²) in [6, 6.07) is 0.349. The Morgan fingerprint density at radius 2 is 1.83 bits per heavy atom. The summed E-state index contributed by atoms with van der Waals surface area (Å²) >= 11 is 0. The Morgan fingerprint density at radius 3 is 2.22 bits per heavy atom. The van der Waals surface area contributed by atoms with Gasteiger partial charge in [-0.2, -0.15) is 0 Å². The molecule has 3 heteroatoms. The van der Waals surface area contributed by atoms with Gasteiger partial charge in [0, 0.05) is 6.61 Å². The van der Waals surface area contributed by atoms with E-state index in [1.807, 2.05) is 0 Å². The standard InChI is InChI=1S/C15H30N2O/c1-4-18-15(10-8-14(2,3)9-11-15)13(17-16)12-6-5-7-12/h12-13,17H,4-11,16H2,1-3H3. The fourth-order valence-electron chi connectivity index (χ4n) is 3.67. The molecule has 2 aliphatic carbocycles. The van der Waals surface area contributed by atoms with Gasteiger partial charge < -0.3 is 4.74 Å². The second-order valence-corrected chi connectivity index (χ2v) is 7.00. The van der Waals surface area contributed by atoms with Crippen molar-refractivity contribution in [3.8, 4) is 0 Å². The predicted molar refractivity (Wildman–Crippen MR) is 75.1 cm³/mol. The summed E-state index contributed by atoms with van der Waals surface area (Å²) in [4.78, 5) is 0. The van der Waals surface area contributed by atoms with Crippen LogP contribution in [0.2, 0.25) is 0 Å². The fourth-order valence-corrected chi connectivity index (χ4v) is 3.67. The van der Waals surface area contributed by atoms with Gasteiger partial charge >= 0.3 is 0 Å². The maximum Gasteiger partial charge on any atom is 0.0851 e. The molecule has 3 N–H and O–H groups in total. The fraction of sp³-hybridized carbons (Fsp3) is 1.00. The van der Waals surface area contributed by atoms with Crippen LogP contribution in [0, 0.1) is 11.3 Å². The van der Waals surface area contributed by atoms with Crippen LogP contribution in [0.25, 0.3) is 0 Å². The molecule has 106 valence electrons. The highest BCUT2D eigenvalue weighted by Crippen LogP contribution is 2.47. The Balaban J connectivity index is 2.10. The van der Waals surface area contributed by atoms with Gasteiger partial charge in [0.05, 0.1) is 11.6 Å². The molecule has 3 nitrogen and oxygen atoms in total. The number of rotatable bonds is 5. The molecule has 1 atom stereocenters. The first-order chi connectivity index (χ1) is 8.53. The number of nitrogens with two attached hydrogens (primary N) is 1. The van der Waals surface area contributed by atoms with E-state index in [-0.39, 0.29) is 5.60 Å². The molecule has 0 bridgehead atoms. The third kappa shape index (κ3) is 2.73. The van der Waals surface area contributed by atoms with Crippen molar-refractivity contribution in [2.75, 3.05) is 6.61 Å². The van der Waals surface area contributed by atoms with Crippen molar-refractivity contribution in [1.82, 2.24) is 5.43 Å². The van der Waals surface area contributed by atoms with Crippen molar-refractivity contribution in [2.45, 2.75) is 77.4 Å². The molecule has 0 saturated heterocycles. The Hall–Kier alpha value is -0.120. The minimum absolute atomic E-state index is 0.00981. The van der Waals surface area contributed by atoms with Crippen LogP contribution in [0.15, 0.2) is 0 Å². The highest BCUT2D eigenvalue weighted by molar-refractivity contribution is 5.02. The van der Waals surface area contributed by atoms with Gasteiger partial charge in [-0.3, -0.25) is 11.3 Å². The van der Waals surface area contributed by atoms with Crippen LogP contribution < -0.4 is 11.3 Å². The molecule has 1 unspecified atom stereocenters. The summed E-state index contributed by atoms with van der Waals surface area (Å²) < 4.78 is 6.23. The molecular weight excluding hydrogens is 224 g/mol. The quantitative estimate of drug-likeness (QED) is 0.585. The van der Waals surface area contributed by atoms with Crippen LogP contribution in [-0.4, -0.2) is 18.2 Å². The maximum absolute atomic E-state index is 6.23. The van der Waals surface area contributed by atoms with Gasteiger partial charge in [-0.25, -0.2) is 0 Å². The summed E-state index contributed by atoms with van der Waals surface area (Å²) in [5.41, 5.74) is 3.56. The van der Waals surface area contributed by atoms with Crippen molar-refractivity contribution in [1.29, 1.82) is 0 Å². The monoisotopic (exact) mass is 254 g/mol. The molecule has 18 heavy (non-hydrogen) atoms. The maximum atomic E-state index is 6.23. The lowest BCUT2D eigenvalue weighted by atomic mass is 9.63. The molecule has 0 spiro atoms. The number of nitrogens with one attached hydrogen (secondary N) is 1. The highest BCUT2D eigenvalue weighted by atomic mass is 16.5. The molecule has 2 saturated carbocycles. The van der Waals surface area contributed by atoms with E-state index < -0.39 is 0 Å². The van der Waals surface area contributed by atoms with Crippen LogP contribution in [0.1, 0.15) is 65.7 Å². The third-order valence-electron chi connectivity index (χ3n) is 5.25. The average molecular weight is 254 g/mol. The van der Waals surface area contributed by atoms with Crippen LogP contribution >= 0.6 is 0 Å². The van der Waals surface area contributed by atoms with Crippen LogP contribution in [0.3, 0.4) is 0 Å². The van der Waals surface area contributed by atoms with E-state index >= 15 is 0 Å². The van der Waals surface area contributed by atoms with Gasteiger partial charge in [0.1, 0.15) is 0 Å². The SMILES string of the molecule is CCOC1(C(NN)C2CCC2)CCC(C)(C)CC1. The van der Waals surface area contributed by atoms with Gasteiger partial charge in [-0.1, -0.05) is 20.3 Å². The third-order valence-corrected chi connectivity index (χ3v) is 5.25. The normalized spacial score (nSPS) is 28.7. The van der Waals surface area contributed by atoms with E-state index in [2.05, 4.69) is 26.2 Å². The average Bonchev–Trinajstić information content (AvgIpc) is 2.27. The first-order valence-corrected chi connectivity index (χ1v) is 7.63. The van der Waals surface area contributed by atoms with E-state index in [4.69, 9.17) is 10.6 Å². The molecule has 0 aliphatic heterocycles. The zero-order valence-electron chi connectivity index (χ0n) is 12.3. The number of ether oxygens (including phenoxy) is 1. The molecule has 2 fully saturated rings. The molecule has 0 amide bonds. The second-order valence-electron chi connectivity index (χ2n) is 7.00. The number of hydrazine groups is 1. The van der Waals surface area contributed by atoms with E-state index in [0.717, 1.165) is 25.4 Å². The molecule has 0 aromatic heterocycles. The zero-order chi connectivity index (χ0) is 13.2. The molecule has 2 rings (SSSR count). The van der Waals surface area contributed by atoms with E-state index in [1.54, 1.807) is 0 Å². The molecule has 0 radical (unpaired) electrons. The Bertz CT molecular complexity index is 264. The molecular formula is C15H30N2O. The number of hydrogen-bond acceptors (Lipinski definition) is 3. The summed E-state index contributed by atoms with van der Waals surface area (Å²) in [5, 5.41) is 0. The second kappa shape index (κ2) is 5.48. The smallest absolute Gasteiger partial charge is 0.0851 e. The van der Waals surface area contributed by atoms with Crippen LogP contribution in [0.5, 0.6) is 0 Å². The Labute approximate surface area is 112 Å². The lowest BCUT2D eigenvalue weighted by molar-refractivity contribution is -0.124. The van der Waals surface area contributed by atoms with Gasteiger partial charge in [-0.15, -0.1) is 0 Å². The number of hydrogen-bond donors (Lipinski definition) is 2. The largest absolute Gasteiger partial charge is 0.374 e. The van der Waals surface area contributed by atoms with Crippen LogP contribution in [-0.2, 0) is 4.74 Å². The van der Waals surface area contributed by atoms with Crippen molar-refractivity contribution in [3.63, 3.8) is 0 Å². The van der Waals surface area contributed by atoms with Gasteiger partial charge in [-0.05, 0) is 56.8 Å². The summed E-state index contributed by atoms with van der Waals surface area (Å²) in [6.45, 7) is 7.65. The van der Waals surface area contributed by atoms with E-state index in [0.29, 0.717) is 11.5 Å². The summed E-state index contributed by atoms with van der Waals surface area (Å²) in [7, 11) is 0. The Kier molecular flexibility index (Phi) is 4.35. The van der Waals surface area contributed by atoms with Crippen molar-refractivity contribution in [2.24, 2.45) is 17.2 Å². The summed E-state index contributed by atoms with van der Waals surface area (Å²) in [5.74, 6) is 6.59. The molecule has 0 aromatic carbocycles. The van der Waals surface area contributed by atoms with Gasteiger partial charge in [0.2, 0.25) is 0 Å².